The molecule has 0 bridgehead atoms. The van der Waals surface area contributed by atoms with E-state index in [0.717, 1.165) is 24.2 Å². The van der Waals surface area contributed by atoms with Crippen molar-refractivity contribution in [1.29, 1.82) is 0 Å². The third-order valence-corrected chi connectivity index (χ3v) is 4.06. The molecule has 2 N–H and O–H groups in total. The maximum absolute atomic E-state index is 6.07. The lowest BCUT2D eigenvalue weighted by molar-refractivity contribution is 0.400. The highest BCUT2D eigenvalue weighted by atomic mass is 35.5. The molecule has 1 saturated carbocycles. The summed E-state index contributed by atoms with van der Waals surface area (Å²) in [6.45, 7) is 0. The van der Waals surface area contributed by atoms with Crippen LogP contribution in [-0.4, -0.2) is 20.2 Å². The number of tetrazole rings is 1. The van der Waals surface area contributed by atoms with Crippen LogP contribution in [0.25, 0.3) is 11.4 Å². The first-order chi connectivity index (χ1) is 9.74. The van der Waals surface area contributed by atoms with Gasteiger partial charge in [-0.25, -0.2) is 4.68 Å². The molecule has 0 spiro atoms. The average Bonchev–Trinajstić information content (AvgIpc) is 2.73. The van der Waals surface area contributed by atoms with Crippen LogP contribution in [0, 0.1) is 0 Å². The number of hydrogen-bond donors (Lipinski definition) is 1. The van der Waals surface area contributed by atoms with Crippen LogP contribution in [0.2, 0.25) is 5.02 Å². The Kier molecular flexibility index (Phi) is 3.87. The molecular formula is C14H18ClN5. The molecule has 1 heterocycles. The summed E-state index contributed by atoms with van der Waals surface area (Å²) in [6, 6.07) is 5.83. The highest BCUT2D eigenvalue weighted by Crippen LogP contribution is 2.31. The number of anilines is 1. The van der Waals surface area contributed by atoms with Gasteiger partial charge in [0.05, 0.1) is 6.04 Å². The molecule has 0 amide bonds. The quantitative estimate of drug-likeness (QED) is 0.679. The van der Waals surface area contributed by atoms with Crippen molar-refractivity contribution in [3.05, 3.63) is 23.2 Å². The van der Waals surface area contributed by atoms with Crippen molar-refractivity contribution in [2.45, 2.75) is 44.6 Å². The van der Waals surface area contributed by atoms with Gasteiger partial charge in [0.25, 0.3) is 0 Å². The van der Waals surface area contributed by atoms with Crippen molar-refractivity contribution in [2.24, 2.45) is 0 Å². The van der Waals surface area contributed by atoms with Gasteiger partial charge in [0.1, 0.15) is 0 Å². The molecule has 1 aliphatic carbocycles. The van der Waals surface area contributed by atoms with Crippen LogP contribution in [0.1, 0.15) is 44.6 Å². The molecule has 20 heavy (non-hydrogen) atoms. The highest BCUT2D eigenvalue weighted by molar-refractivity contribution is 6.31. The van der Waals surface area contributed by atoms with E-state index >= 15 is 0 Å². The summed E-state index contributed by atoms with van der Waals surface area (Å²) in [5.74, 6) is 0.756. The maximum atomic E-state index is 6.07. The molecule has 1 aromatic heterocycles. The normalized spacial score (nSPS) is 17.1. The van der Waals surface area contributed by atoms with Crippen molar-refractivity contribution in [3.8, 4) is 11.4 Å². The molecule has 106 valence electrons. The van der Waals surface area contributed by atoms with Gasteiger partial charge in [-0.05, 0) is 41.5 Å². The Hall–Kier alpha value is -1.62. The second kappa shape index (κ2) is 5.79. The fourth-order valence-corrected chi connectivity index (χ4v) is 3.12. The summed E-state index contributed by atoms with van der Waals surface area (Å²) in [5.41, 5.74) is 7.36. The SMILES string of the molecule is Nc1cc(Cl)cc(-c2nnnn2C2CCCCCC2)c1. The maximum Gasteiger partial charge on any atom is 0.182 e. The van der Waals surface area contributed by atoms with E-state index in [-0.39, 0.29) is 0 Å². The number of nitrogen functional groups attached to an aromatic ring is 1. The third kappa shape index (κ3) is 2.77. The highest BCUT2D eigenvalue weighted by Gasteiger charge is 2.20. The van der Waals surface area contributed by atoms with Gasteiger partial charge < -0.3 is 5.73 Å². The fourth-order valence-electron chi connectivity index (χ4n) is 2.87. The van der Waals surface area contributed by atoms with Gasteiger partial charge in [-0.15, -0.1) is 5.10 Å². The lowest BCUT2D eigenvalue weighted by Gasteiger charge is -2.15. The Morgan fingerprint density at radius 1 is 1.10 bits per heavy atom. The van der Waals surface area contributed by atoms with E-state index in [1.807, 2.05) is 16.8 Å². The fraction of sp³-hybridized carbons (Fsp3) is 0.500. The first-order valence-electron chi connectivity index (χ1n) is 7.08. The van der Waals surface area contributed by atoms with Crippen LogP contribution in [0.5, 0.6) is 0 Å². The van der Waals surface area contributed by atoms with E-state index in [1.54, 1.807) is 6.07 Å². The van der Waals surface area contributed by atoms with E-state index < -0.39 is 0 Å². The van der Waals surface area contributed by atoms with Crippen LogP contribution in [0.15, 0.2) is 18.2 Å². The zero-order valence-corrected chi connectivity index (χ0v) is 12.1. The van der Waals surface area contributed by atoms with Crippen molar-refractivity contribution < 1.29 is 0 Å². The predicted octanol–water partition coefficient (Wildman–Crippen LogP) is 3.47. The predicted molar refractivity (Wildman–Crippen MR) is 79.4 cm³/mol. The van der Waals surface area contributed by atoms with Crippen LogP contribution in [-0.2, 0) is 0 Å². The molecular weight excluding hydrogens is 274 g/mol. The molecule has 1 aromatic carbocycles. The summed E-state index contributed by atoms with van der Waals surface area (Å²) >= 11 is 6.07. The number of benzene rings is 1. The third-order valence-electron chi connectivity index (χ3n) is 3.84. The summed E-state index contributed by atoms with van der Waals surface area (Å²) < 4.78 is 1.94. The summed E-state index contributed by atoms with van der Waals surface area (Å²) in [4.78, 5) is 0. The van der Waals surface area contributed by atoms with Gasteiger partial charge in [0.2, 0.25) is 0 Å². The molecule has 2 aromatic rings. The topological polar surface area (TPSA) is 69.6 Å². The first kappa shape index (κ1) is 13.4. The Labute approximate surface area is 123 Å². The molecule has 3 rings (SSSR count). The van der Waals surface area contributed by atoms with E-state index in [4.69, 9.17) is 17.3 Å². The Bertz CT molecular complexity index is 567. The largest absolute Gasteiger partial charge is 0.399 e. The van der Waals surface area contributed by atoms with Crippen molar-refractivity contribution in [3.63, 3.8) is 0 Å². The second-order valence-electron chi connectivity index (χ2n) is 5.37. The Morgan fingerprint density at radius 2 is 1.85 bits per heavy atom. The number of hydrogen-bond acceptors (Lipinski definition) is 4. The number of halogens is 1. The van der Waals surface area contributed by atoms with Crippen LogP contribution >= 0.6 is 11.6 Å². The van der Waals surface area contributed by atoms with Crippen molar-refractivity contribution >= 4 is 17.3 Å². The van der Waals surface area contributed by atoms with Crippen LogP contribution < -0.4 is 5.73 Å². The molecule has 1 fully saturated rings. The Morgan fingerprint density at radius 3 is 2.55 bits per heavy atom. The minimum atomic E-state index is 0.378. The van der Waals surface area contributed by atoms with Crippen molar-refractivity contribution in [1.82, 2.24) is 20.2 Å². The minimum absolute atomic E-state index is 0.378. The molecule has 0 unspecified atom stereocenters. The number of rotatable bonds is 2. The minimum Gasteiger partial charge on any atom is -0.399 e. The number of nitrogens with zero attached hydrogens (tertiary/aromatic N) is 4. The standard InChI is InChI=1S/C14H18ClN5/c15-11-7-10(8-12(16)9-11)14-17-18-19-20(14)13-5-3-1-2-4-6-13/h7-9,13H,1-6,16H2. The van der Waals surface area contributed by atoms with Gasteiger partial charge in [0.15, 0.2) is 5.82 Å². The lowest BCUT2D eigenvalue weighted by atomic mass is 10.1. The molecule has 0 radical (unpaired) electrons. The monoisotopic (exact) mass is 291 g/mol. The van der Waals surface area contributed by atoms with Gasteiger partial charge in [-0.1, -0.05) is 37.3 Å². The van der Waals surface area contributed by atoms with E-state index in [0.29, 0.717) is 16.8 Å². The summed E-state index contributed by atoms with van der Waals surface area (Å²) in [7, 11) is 0. The van der Waals surface area contributed by atoms with Gasteiger partial charge in [-0.2, -0.15) is 0 Å². The summed E-state index contributed by atoms with van der Waals surface area (Å²) in [6.07, 6.45) is 7.35. The molecule has 6 heteroatoms. The molecule has 0 atom stereocenters. The Balaban J connectivity index is 1.96. The molecule has 0 saturated heterocycles. The average molecular weight is 292 g/mol. The lowest BCUT2D eigenvalue weighted by Crippen LogP contribution is -2.11. The van der Waals surface area contributed by atoms with Gasteiger partial charge in [-0.3, -0.25) is 0 Å². The van der Waals surface area contributed by atoms with Crippen molar-refractivity contribution in [2.75, 3.05) is 5.73 Å². The van der Waals surface area contributed by atoms with E-state index in [9.17, 15) is 0 Å². The van der Waals surface area contributed by atoms with Gasteiger partial charge >= 0.3 is 0 Å². The molecule has 0 aliphatic heterocycles. The van der Waals surface area contributed by atoms with Crippen LogP contribution in [0.3, 0.4) is 0 Å². The van der Waals surface area contributed by atoms with E-state index in [1.165, 1.54) is 25.7 Å². The van der Waals surface area contributed by atoms with Gasteiger partial charge in [0, 0.05) is 16.3 Å². The van der Waals surface area contributed by atoms with Crippen LogP contribution in [0.4, 0.5) is 5.69 Å². The first-order valence-corrected chi connectivity index (χ1v) is 7.46. The smallest absolute Gasteiger partial charge is 0.182 e. The molecule has 5 nitrogen and oxygen atoms in total. The van der Waals surface area contributed by atoms with E-state index in [2.05, 4.69) is 15.5 Å². The summed E-state index contributed by atoms with van der Waals surface area (Å²) in [5, 5.41) is 12.8. The number of aromatic nitrogens is 4. The zero-order chi connectivity index (χ0) is 13.9. The zero-order valence-electron chi connectivity index (χ0n) is 11.3. The number of nitrogens with two attached hydrogens (primary N) is 1. The molecule has 1 aliphatic rings. The second-order valence-corrected chi connectivity index (χ2v) is 5.80.